The zero-order valence-electron chi connectivity index (χ0n) is 18.7. The second-order valence-electron chi connectivity index (χ2n) is 10.4. The van der Waals surface area contributed by atoms with Gasteiger partial charge in [0.1, 0.15) is 17.7 Å². The minimum Gasteiger partial charge on any atom is -0.490 e. The molecular weight excluding hydrogens is 389 g/mol. The van der Waals surface area contributed by atoms with Gasteiger partial charge in [0.25, 0.3) is 0 Å². The summed E-state index contributed by atoms with van der Waals surface area (Å²) < 4.78 is 20.6. The molecule has 1 N–H and O–H groups in total. The van der Waals surface area contributed by atoms with Gasteiger partial charge in [-0.1, -0.05) is 18.2 Å². The minimum absolute atomic E-state index is 0.0200. The lowest BCUT2D eigenvalue weighted by Crippen LogP contribution is -2.72. The van der Waals surface area contributed by atoms with E-state index in [1.807, 2.05) is 42.5 Å². The number of nitrogens with one attached hydrogen (secondary N) is 1. The van der Waals surface area contributed by atoms with Gasteiger partial charge in [-0.2, -0.15) is 0 Å². The van der Waals surface area contributed by atoms with Crippen LogP contribution in [0.15, 0.2) is 53.9 Å². The average molecular weight is 424 g/mol. The van der Waals surface area contributed by atoms with Crippen molar-refractivity contribution in [2.75, 3.05) is 19.6 Å². The van der Waals surface area contributed by atoms with E-state index < -0.39 is 0 Å². The van der Waals surface area contributed by atoms with Crippen molar-refractivity contribution in [2.45, 2.75) is 81.3 Å². The number of benzene rings is 1. The lowest BCUT2D eigenvalue weighted by Gasteiger charge is -2.56. The fraction of sp³-hybridized carbons (Fsp3) is 0.615. The Morgan fingerprint density at radius 2 is 1.90 bits per heavy atom. The Morgan fingerprint density at radius 3 is 2.68 bits per heavy atom. The largest absolute Gasteiger partial charge is 0.490 e. The van der Waals surface area contributed by atoms with Gasteiger partial charge in [-0.15, -0.1) is 0 Å². The Labute approximate surface area is 185 Å². The van der Waals surface area contributed by atoms with Crippen LogP contribution in [-0.2, 0) is 0 Å². The zero-order valence-corrected chi connectivity index (χ0v) is 18.7. The summed E-state index contributed by atoms with van der Waals surface area (Å²) in [7, 11) is 0. The second-order valence-corrected chi connectivity index (χ2v) is 10.4. The second kappa shape index (κ2) is 7.16. The van der Waals surface area contributed by atoms with Gasteiger partial charge in [0.2, 0.25) is 0 Å². The Hall–Kier alpha value is -1.69. The van der Waals surface area contributed by atoms with Crippen molar-refractivity contribution in [3.05, 3.63) is 53.9 Å². The molecule has 5 unspecified atom stereocenters. The molecule has 2 aliphatic carbocycles. The van der Waals surface area contributed by atoms with Gasteiger partial charge in [0.15, 0.2) is 0 Å². The van der Waals surface area contributed by atoms with Crippen LogP contribution in [0.25, 0.3) is 0 Å². The molecule has 5 aliphatic rings. The van der Waals surface area contributed by atoms with Crippen LogP contribution in [0.5, 0.6) is 5.75 Å². The van der Waals surface area contributed by atoms with Gasteiger partial charge < -0.3 is 15.0 Å². The monoisotopic (exact) mass is 423 g/mol. The van der Waals surface area contributed by atoms with Crippen LogP contribution in [0.3, 0.4) is 0 Å². The number of para-hydroxylation sites is 1. The van der Waals surface area contributed by atoms with E-state index in [1.54, 1.807) is 0 Å². The Kier molecular flexibility index (Phi) is 4.61. The third kappa shape index (κ3) is 3.04. The molecule has 0 aromatic heterocycles. The highest BCUT2D eigenvalue weighted by atomic mass is 19.1. The van der Waals surface area contributed by atoms with Gasteiger partial charge in [-0.25, -0.2) is 4.39 Å². The highest BCUT2D eigenvalue weighted by molar-refractivity contribution is 5.57. The summed E-state index contributed by atoms with van der Waals surface area (Å²) in [6.07, 6.45) is 9.37. The van der Waals surface area contributed by atoms with E-state index in [1.165, 1.54) is 5.57 Å². The van der Waals surface area contributed by atoms with E-state index >= 15 is 0 Å². The summed E-state index contributed by atoms with van der Waals surface area (Å²) in [5, 5.41) is 3.87. The highest BCUT2D eigenvalue weighted by Crippen LogP contribution is 2.66. The number of piperidine rings is 2. The summed E-state index contributed by atoms with van der Waals surface area (Å²) in [5.74, 6) is 0.936. The van der Waals surface area contributed by atoms with Crippen LogP contribution in [0, 0.1) is 0 Å². The van der Waals surface area contributed by atoms with Crippen LogP contribution in [0.4, 0.5) is 4.39 Å². The van der Waals surface area contributed by atoms with Crippen molar-refractivity contribution in [1.82, 2.24) is 15.1 Å². The molecule has 4 nitrogen and oxygen atoms in total. The van der Waals surface area contributed by atoms with E-state index in [0.717, 1.165) is 57.5 Å². The Balaban J connectivity index is 1.16. The number of rotatable bonds is 4. The maximum atomic E-state index is 14.4. The first-order valence-corrected chi connectivity index (χ1v) is 12.1. The quantitative estimate of drug-likeness (QED) is 0.791. The molecule has 1 saturated carbocycles. The summed E-state index contributed by atoms with van der Waals surface area (Å²) >= 11 is 0. The molecule has 3 heterocycles. The van der Waals surface area contributed by atoms with Crippen LogP contribution < -0.4 is 10.1 Å². The van der Waals surface area contributed by atoms with E-state index in [0.29, 0.717) is 24.2 Å². The van der Waals surface area contributed by atoms with Crippen molar-refractivity contribution < 1.29 is 9.13 Å². The number of nitrogens with zero attached hydrogens (tertiary/aromatic N) is 2. The highest BCUT2D eigenvalue weighted by Gasteiger charge is 2.77. The molecule has 0 amide bonds. The minimum atomic E-state index is -0.178. The summed E-state index contributed by atoms with van der Waals surface area (Å²) in [4.78, 5) is 5.42. The molecule has 1 spiro atoms. The van der Waals surface area contributed by atoms with Gasteiger partial charge in [-0.3, -0.25) is 4.90 Å². The topological polar surface area (TPSA) is 27.7 Å². The number of hydrogen-bond acceptors (Lipinski definition) is 4. The molecule has 1 aromatic carbocycles. The zero-order chi connectivity index (χ0) is 21.2. The van der Waals surface area contributed by atoms with E-state index in [4.69, 9.17) is 4.74 Å². The number of piperazine rings is 1. The molecule has 6 rings (SSSR count). The van der Waals surface area contributed by atoms with E-state index in [2.05, 4.69) is 29.0 Å². The van der Waals surface area contributed by atoms with Crippen molar-refractivity contribution in [2.24, 2.45) is 0 Å². The average Bonchev–Trinajstić information content (AvgIpc) is 3.41. The van der Waals surface area contributed by atoms with Gasteiger partial charge in [0, 0.05) is 37.8 Å². The Morgan fingerprint density at radius 1 is 1.13 bits per heavy atom. The standard InChI is InChI=1S/C26H34FN3O/c1-18-8-9-20-14-21(27)15-25-17-26(20,25)30(18)24(19(2)28-25)16-29-12-10-23(11-13-29)31-22-6-4-3-5-7-22/h3-7,14-15,18-19,23-24,28H,8-13,16-17H2,1-2H3. The molecule has 5 atom stereocenters. The fourth-order valence-corrected chi connectivity index (χ4v) is 7.12. The molecular formula is C26H34FN3O. The van der Waals surface area contributed by atoms with E-state index in [-0.39, 0.29) is 16.9 Å². The lowest BCUT2D eigenvalue weighted by molar-refractivity contribution is -0.0188. The fourth-order valence-electron chi connectivity index (χ4n) is 7.12. The number of halogens is 1. The first kappa shape index (κ1) is 20.0. The molecule has 4 fully saturated rings. The molecule has 166 valence electrons. The molecule has 3 aliphatic heterocycles. The number of likely N-dealkylation sites (tertiary alicyclic amines) is 1. The molecule has 0 bridgehead atoms. The molecule has 31 heavy (non-hydrogen) atoms. The van der Waals surface area contributed by atoms with Crippen molar-refractivity contribution >= 4 is 0 Å². The van der Waals surface area contributed by atoms with E-state index in [9.17, 15) is 4.39 Å². The van der Waals surface area contributed by atoms with Crippen LogP contribution >= 0.6 is 0 Å². The van der Waals surface area contributed by atoms with Crippen molar-refractivity contribution in [3.8, 4) is 5.75 Å². The third-order valence-electron chi connectivity index (χ3n) is 8.57. The molecule has 5 heteroatoms. The number of hydrogen-bond donors (Lipinski definition) is 1. The lowest BCUT2D eigenvalue weighted by atomic mass is 9.78. The van der Waals surface area contributed by atoms with Crippen LogP contribution in [-0.4, -0.2) is 64.7 Å². The SMILES string of the molecule is CC1NC23C=C(F)C=C4CCC(C)N(C1CN1CCC(Oc5ccccc5)CC1)C42C3. The third-order valence-corrected chi connectivity index (χ3v) is 8.57. The molecule has 0 radical (unpaired) electrons. The predicted molar refractivity (Wildman–Crippen MR) is 121 cm³/mol. The molecule has 1 aromatic rings. The first-order valence-electron chi connectivity index (χ1n) is 12.1. The summed E-state index contributed by atoms with van der Waals surface area (Å²) in [6, 6.07) is 11.5. The maximum absolute atomic E-state index is 14.4. The normalized spacial score (nSPS) is 40.4. The molecule has 3 saturated heterocycles. The Bertz CT molecular complexity index is 908. The maximum Gasteiger partial charge on any atom is 0.121 e. The number of allylic oxidation sites excluding steroid dienone is 2. The van der Waals surface area contributed by atoms with Crippen LogP contribution in [0.1, 0.15) is 46.0 Å². The van der Waals surface area contributed by atoms with Crippen LogP contribution in [0.2, 0.25) is 0 Å². The van der Waals surface area contributed by atoms with Crippen molar-refractivity contribution in [1.29, 1.82) is 0 Å². The smallest absolute Gasteiger partial charge is 0.121 e. The first-order chi connectivity index (χ1) is 15.0. The predicted octanol–water partition coefficient (Wildman–Crippen LogP) is 4.05. The van der Waals surface area contributed by atoms with Crippen molar-refractivity contribution in [3.63, 3.8) is 0 Å². The van der Waals surface area contributed by atoms with Gasteiger partial charge in [0.05, 0.1) is 11.1 Å². The van der Waals surface area contributed by atoms with Gasteiger partial charge >= 0.3 is 0 Å². The summed E-state index contributed by atoms with van der Waals surface area (Å²) in [6.45, 7) is 7.93. The van der Waals surface area contributed by atoms with Gasteiger partial charge in [-0.05, 0) is 75.8 Å². The summed E-state index contributed by atoms with van der Waals surface area (Å²) in [5.41, 5.74) is 1.17. The number of ether oxygens (including phenoxy) is 1.